The van der Waals surface area contributed by atoms with E-state index in [0.29, 0.717) is 6.42 Å². The minimum absolute atomic E-state index is 0.0855. The number of carboxylic acid groups (broad SMARTS) is 1. The quantitative estimate of drug-likeness (QED) is 0.727. The second kappa shape index (κ2) is 4.52. The topological polar surface area (TPSA) is 46.5 Å². The summed E-state index contributed by atoms with van der Waals surface area (Å²) in [5, 5.41) is 9.00. The lowest BCUT2D eigenvalue weighted by molar-refractivity contribution is -0.177. The van der Waals surface area contributed by atoms with Crippen LogP contribution in [0.4, 0.5) is 0 Å². The third-order valence-electron chi connectivity index (χ3n) is 3.78. The van der Waals surface area contributed by atoms with Gasteiger partial charge in [-0.05, 0) is 32.1 Å². The summed E-state index contributed by atoms with van der Waals surface area (Å²) in [6.45, 7) is 0. The van der Waals surface area contributed by atoms with Crippen LogP contribution in [-0.4, -0.2) is 22.8 Å². The molecule has 1 aliphatic heterocycles. The van der Waals surface area contributed by atoms with E-state index in [9.17, 15) is 4.79 Å². The van der Waals surface area contributed by atoms with E-state index >= 15 is 0 Å². The van der Waals surface area contributed by atoms with Crippen LogP contribution in [0, 0.1) is 0 Å². The van der Waals surface area contributed by atoms with Crippen molar-refractivity contribution < 1.29 is 14.6 Å². The smallest absolute Gasteiger partial charge is 0.332 e. The van der Waals surface area contributed by atoms with Gasteiger partial charge in [0.05, 0.1) is 5.60 Å². The van der Waals surface area contributed by atoms with Crippen LogP contribution in [0.5, 0.6) is 0 Å². The maximum Gasteiger partial charge on any atom is 0.332 e. The first-order valence-corrected chi connectivity index (χ1v) is 6.13. The lowest BCUT2D eigenvalue weighted by Crippen LogP contribution is -2.43. The zero-order chi connectivity index (χ0) is 10.7. The van der Waals surface area contributed by atoms with Crippen molar-refractivity contribution in [1.82, 2.24) is 0 Å². The molecular weight excluding hydrogens is 192 g/mol. The third kappa shape index (κ3) is 2.51. The molecule has 1 spiro atoms. The van der Waals surface area contributed by atoms with Crippen LogP contribution in [0.1, 0.15) is 57.8 Å². The zero-order valence-electron chi connectivity index (χ0n) is 9.21. The summed E-state index contributed by atoms with van der Waals surface area (Å²) in [6, 6.07) is 0. The molecule has 1 saturated heterocycles. The predicted molar refractivity (Wildman–Crippen MR) is 56.8 cm³/mol. The molecule has 1 atom stereocenters. The Hall–Kier alpha value is -0.570. The molecule has 1 aliphatic carbocycles. The molecular formula is C12H20O3. The minimum atomic E-state index is -0.779. The second-order valence-electron chi connectivity index (χ2n) is 4.93. The van der Waals surface area contributed by atoms with Gasteiger partial charge in [0.25, 0.3) is 0 Å². The molecule has 2 rings (SSSR count). The number of hydrogen-bond donors (Lipinski definition) is 1. The molecule has 0 radical (unpaired) electrons. The first kappa shape index (κ1) is 10.9. The summed E-state index contributed by atoms with van der Waals surface area (Å²) in [5.74, 6) is -0.779. The monoisotopic (exact) mass is 212 g/mol. The first-order chi connectivity index (χ1) is 7.22. The third-order valence-corrected chi connectivity index (χ3v) is 3.78. The standard InChI is InChI=1S/C12H20O3/c13-11(14)10-6-5-9-12(15-10)7-3-1-2-4-8-12/h10H,1-9H2,(H,13,14). The van der Waals surface area contributed by atoms with Crippen LogP contribution in [-0.2, 0) is 9.53 Å². The predicted octanol–water partition coefficient (Wildman–Crippen LogP) is 2.73. The summed E-state index contributed by atoms with van der Waals surface area (Å²) < 4.78 is 5.86. The zero-order valence-corrected chi connectivity index (χ0v) is 9.21. The van der Waals surface area contributed by atoms with Gasteiger partial charge in [0.2, 0.25) is 0 Å². The fourth-order valence-electron chi connectivity index (χ4n) is 2.94. The highest BCUT2D eigenvalue weighted by Gasteiger charge is 2.39. The molecule has 0 amide bonds. The van der Waals surface area contributed by atoms with Crippen molar-refractivity contribution in [3.05, 3.63) is 0 Å². The van der Waals surface area contributed by atoms with Crippen LogP contribution < -0.4 is 0 Å². The molecule has 2 fully saturated rings. The number of carboxylic acids is 1. The summed E-state index contributed by atoms with van der Waals surface area (Å²) in [4.78, 5) is 10.9. The lowest BCUT2D eigenvalue weighted by atomic mass is 9.85. The molecule has 1 N–H and O–H groups in total. The number of rotatable bonds is 1. The maximum atomic E-state index is 10.9. The fraction of sp³-hybridized carbons (Fsp3) is 0.917. The van der Waals surface area contributed by atoms with Crippen molar-refractivity contribution in [3.63, 3.8) is 0 Å². The Morgan fingerprint density at radius 1 is 1.07 bits per heavy atom. The summed E-state index contributed by atoms with van der Waals surface area (Å²) in [7, 11) is 0. The Balaban J connectivity index is 2.02. The van der Waals surface area contributed by atoms with Gasteiger partial charge in [-0.1, -0.05) is 25.7 Å². The molecule has 0 aromatic carbocycles. The van der Waals surface area contributed by atoms with Crippen molar-refractivity contribution in [2.75, 3.05) is 0 Å². The van der Waals surface area contributed by atoms with Gasteiger partial charge in [0, 0.05) is 0 Å². The van der Waals surface area contributed by atoms with Crippen molar-refractivity contribution >= 4 is 5.97 Å². The molecule has 0 aromatic heterocycles. The molecule has 0 bridgehead atoms. The summed E-state index contributed by atoms with van der Waals surface area (Å²) in [5.41, 5.74) is -0.0855. The van der Waals surface area contributed by atoms with E-state index in [4.69, 9.17) is 9.84 Å². The van der Waals surface area contributed by atoms with Crippen molar-refractivity contribution in [1.29, 1.82) is 0 Å². The Morgan fingerprint density at radius 3 is 2.27 bits per heavy atom. The fourth-order valence-corrected chi connectivity index (χ4v) is 2.94. The average Bonchev–Trinajstić information content (AvgIpc) is 2.44. The van der Waals surface area contributed by atoms with Crippen LogP contribution in [0.15, 0.2) is 0 Å². The van der Waals surface area contributed by atoms with Crippen LogP contribution >= 0.6 is 0 Å². The molecule has 1 unspecified atom stereocenters. The van der Waals surface area contributed by atoms with E-state index < -0.39 is 12.1 Å². The largest absolute Gasteiger partial charge is 0.479 e. The first-order valence-electron chi connectivity index (χ1n) is 6.13. The minimum Gasteiger partial charge on any atom is -0.479 e. The molecule has 3 nitrogen and oxygen atoms in total. The molecule has 2 aliphatic rings. The van der Waals surface area contributed by atoms with Gasteiger partial charge in [-0.3, -0.25) is 0 Å². The van der Waals surface area contributed by atoms with Gasteiger partial charge < -0.3 is 9.84 Å². The summed E-state index contributed by atoms with van der Waals surface area (Å²) in [6.07, 6.45) is 9.32. The van der Waals surface area contributed by atoms with E-state index in [1.54, 1.807) is 0 Å². The molecule has 15 heavy (non-hydrogen) atoms. The van der Waals surface area contributed by atoms with E-state index in [-0.39, 0.29) is 5.60 Å². The summed E-state index contributed by atoms with van der Waals surface area (Å²) >= 11 is 0. The van der Waals surface area contributed by atoms with Crippen molar-refractivity contribution in [3.8, 4) is 0 Å². The SMILES string of the molecule is O=C(O)C1CCCC2(CCCCCC2)O1. The Morgan fingerprint density at radius 2 is 1.67 bits per heavy atom. The van der Waals surface area contributed by atoms with Gasteiger partial charge in [0.1, 0.15) is 0 Å². The van der Waals surface area contributed by atoms with E-state index in [0.717, 1.165) is 25.7 Å². The maximum absolute atomic E-state index is 10.9. The number of ether oxygens (including phenoxy) is 1. The molecule has 86 valence electrons. The molecule has 3 heteroatoms. The number of carbonyl (C=O) groups is 1. The average molecular weight is 212 g/mol. The highest BCUT2D eigenvalue weighted by Crippen LogP contribution is 2.39. The highest BCUT2D eigenvalue weighted by atomic mass is 16.5. The Bertz CT molecular complexity index is 229. The van der Waals surface area contributed by atoms with Gasteiger partial charge in [-0.2, -0.15) is 0 Å². The van der Waals surface area contributed by atoms with Gasteiger partial charge >= 0.3 is 5.97 Å². The van der Waals surface area contributed by atoms with E-state index in [1.807, 2.05) is 0 Å². The lowest BCUT2D eigenvalue weighted by Gasteiger charge is -2.39. The normalized spacial score (nSPS) is 31.1. The second-order valence-corrected chi connectivity index (χ2v) is 4.93. The highest BCUT2D eigenvalue weighted by molar-refractivity contribution is 5.72. The van der Waals surface area contributed by atoms with Crippen LogP contribution in [0.25, 0.3) is 0 Å². The Labute approximate surface area is 90.8 Å². The van der Waals surface area contributed by atoms with Gasteiger partial charge in [0.15, 0.2) is 6.10 Å². The van der Waals surface area contributed by atoms with Crippen LogP contribution in [0.3, 0.4) is 0 Å². The molecule has 1 heterocycles. The number of hydrogen-bond acceptors (Lipinski definition) is 2. The van der Waals surface area contributed by atoms with Gasteiger partial charge in [-0.25, -0.2) is 4.79 Å². The van der Waals surface area contributed by atoms with Crippen LogP contribution in [0.2, 0.25) is 0 Å². The molecule has 1 saturated carbocycles. The van der Waals surface area contributed by atoms with Crippen molar-refractivity contribution in [2.24, 2.45) is 0 Å². The number of aliphatic carboxylic acids is 1. The van der Waals surface area contributed by atoms with E-state index in [1.165, 1.54) is 25.7 Å². The van der Waals surface area contributed by atoms with Gasteiger partial charge in [-0.15, -0.1) is 0 Å². The Kier molecular flexibility index (Phi) is 3.29. The molecule has 0 aromatic rings. The van der Waals surface area contributed by atoms with Crippen molar-refractivity contribution in [2.45, 2.75) is 69.5 Å². The van der Waals surface area contributed by atoms with E-state index in [2.05, 4.69) is 0 Å².